The summed E-state index contributed by atoms with van der Waals surface area (Å²) in [6.45, 7) is 0. The SMILES string of the molecule is COc1ccc(S(=O)O)cc1CC(=O)O. The summed E-state index contributed by atoms with van der Waals surface area (Å²) in [5, 5.41) is 8.62. The van der Waals surface area contributed by atoms with Crippen LogP contribution in [-0.2, 0) is 22.3 Å². The third-order valence-corrected chi connectivity index (χ3v) is 2.45. The smallest absolute Gasteiger partial charge is 0.307 e. The van der Waals surface area contributed by atoms with Crippen LogP contribution in [0.25, 0.3) is 0 Å². The van der Waals surface area contributed by atoms with Gasteiger partial charge in [0, 0.05) is 5.56 Å². The van der Waals surface area contributed by atoms with E-state index in [0.717, 1.165) is 0 Å². The number of hydrogen-bond acceptors (Lipinski definition) is 3. The highest BCUT2D eigenvalue weighted by molar-refractivity contribution is 7.79. The maximum atomic E-state index is 10.8. The molecule has 1 unspecified atom stereocenters. The molecule has 1 rings (SSSR count). The fourth-order valence-electron chi connectivity index (χ4n) is 1.16. The molecule has 1 atom stereocenters. The van der Waals surface area contributed by atoms with Gasteiger partial charge in [-0.25, -0.2) is 4.21 Å². The maximum absolute atomic E-state index is 10.8. The summed E-state index contributed by atoms with van der Waals surface area (Å²) < 4.78 is 24.5. The number of carbonyl (C=O) groups is 1. The van der Waals surface area contributed by atoms with Crippen LogP contribution in [0.5, 0.6) is 5.75 Å². The second kappa shape index (κ2) is 4.90. The van der Waals surface area contributed by atoms with Crippen LogP contribution in [0, 0.1) is 0 Å². The van der Waals surface area contributed by atoms with E-state index in [1.807, 2.05) is 0 Å². The van der Waals surface area contributed by atoms with Crippen LogP contribution in [-0.4, -0.2) is 26.9 Å². The first-order chi connectivity index (χ1) is 7.04. The van der Waals surface area contributed by atoms with Gasteiger partial charge in [-0.2, -0.15) is 0 Å². The quantitative estimate of drug-likeness (QED) is 0.751. The summed E-state index contributed by atoms with van der Waals surface area (Å²) in [7, 11) is 1.41. The molecule has 6 heteroatoms. The Hall–Kier alpha value is -1.40. The van der Waals surface area contributed by atoms with Crippen LogP contribution in [0.1, 0.15) is 5.56 Å². The van der Waals surface area contributed by atoms with Crippen LogP contribution in [0.3, 0.4) is 0 Å². The third-order valence-electron chi connectivity index (χ3n) is 1.80. The van der Waals surface area contributed by atoms with Crippen LogP contribution in [0.2, 0.25) is 0 Å². The van der Waals surface area contributed by atoms with E-state index in [4.69, 9.17) is 14.4 Å². The fraction of sp³-hybridized carbons (Fsp3) is 0.222. The molecule has 0 aliphatic carbocycles. The van der Waals surface area contributed by atoms with Crippen molar-refractivity contribution in [2.24, 2.45) is 0 Å². The number of carboxylic acid groups (broad SMARTS) is 1. The molecular weight excluding hydrogens is 220 g/mol. The Labute approximate surface area is 89.0 Å². The first-order valence-corrected chi connectivity index (χ1v) is 5.15. The predicted molar refractivity (Wildman–Crippen MR) is 53.4 cm³/mol. The Balaban J connectivity index is 3.12. The molecule has 1 aromatic carbocycles. The summed E-state index contributed by atoms with van der Waals surface area (Å²) in [6.07, 6.45) is -0.242. The Morgan fingerprint density at radius 3 is 2.67 bits per heavy atom. The van der Waals surface area contributed by atoms with Gasteiger partial charge in [-0.05, 0) is 18.2 Å². The third kappa shape index (κ3) is 3.03. The van der Waals surface area contributed by atoms with E-state index < -0.39 is 17.0 Å². The molecule has 0 radical (unpaired) electrons. The molecule has 82 valence electrons. The van der Waals surface area contributed by atoms with Crippen molar-refractivity contribution in [2.75, 3.05) is 7.11 Å². The van der Waals surface area contributed by atoms with Gasteiger partial charge in [-0.15, -0.1) is 0 Å². The Kier molecular flexibility index (Phi) is 3.81. The Morgan fingerprint density at radius 2 is 2.20 bits per heavy atom. The van der Waals surface area contributed by atoms with Crippen LogP contribution >= 0.6 is 0 Å². The van der Waals surface area contributed by atoms with Gasteiger partial charge in [-0.3, -0.25) is 4.79 Å². The first-order valence-electron chi connectivity index (χ1n) is 4.04. The second-order valence-electron chi connectivity index (χ2n) is 2.79. The lowest BCUT2D eigenvalue weighted by atomic mass is 10.1. The largest absolute Gasteiger partial charge is 0.496 e. The molecule has 5 nitrogen and oxygen atoms in total. The molecule has 0 aliphatic heterocycles. The van der Waals surface area contributed by atoms with E-state index in [0.29, 0.717) is 11.3 Å². The fourth-order valence-corrected chi connectivity index (χ4v) is 1.59. The number of hydrogen-bond donors (Lipinski definition) is 2. The lowest BCUT2D eigenvalue weighted by Gasteiger charge is -2.07. The van der Waals surface area contributed by atoms with Gasteiger partial charge in [0.25, 0.3) is 0 Å². The molecule has 0 bridgehead atoms. The average molecular weight is 230 g/mol. The van der Waals surface area contributed by atoms with Crippen LogP contribution < -0.4 is 4.74 Å². The minimum atomic E-state index is -2.11. The zero-order valence-corrected chi connectivity index (χ0v) is 8.78. The Bertz CT molecular complexity index is 401. The number of rotatable bonds is 4. The van der Waals surface area contributed by atoms with Crippen LogP contribution in [0.15, 0.2) is 23.1 Å². The van der Waals surface area contributed by atoms with Gasteiger partial charge in [0.1, 0.15) is 5.75 Å². The average Bonchev–Trinajstić information content (AvgIpc) is 2.16. The molecule has 15 heavy (non-hydrogen) atoms. The summed E-state index contributed by atoms with van der Waals surface area (Å²) >= 11 is -2.11. The van der Waals surface area contributed by atoms with Gasteiger partial charge in [-0.1, -0.05) is 0 Å². The molecule has 0 spiro atoms. The second-order valence-corrected chi connectivity index (χ2v) is 3.76. The van der Waals surface area contributed by atoms with E-state index in [1.165, 1.54) is 25.3 Å². The molecule has 0 fully saturated rings. The van der Waals surface area contributed by atoms with Crippen molar-refractivity contribution < 1.29 is 23.4 Å². The number of carboxylic acids is 1. The molecule has 0 aliphatic rings. The van der Waals surface area contributed by atoms with Crippen molar-refractivity contribution in [2.45, 2.75) is 11.3 Å². The molecule has 2 N–H and O–H groups in total. The summed E-state index contributed by atoms with van der Waals surface area (Å²) in [5.74, 6) is -0.624. The van der Waals surface area contributed by atoms with Crippen molar-refractivity contribution >= 4 is 17.0 Å². The molecule has 0 saturated heterocycles. The minimum absolute atomic E-state index is 0.159. The molecular formula is C9H10O5S. The topological polar surface area (TPSA) is 83.8 Å². The van der Waals surface area contributed by atoms with Crippen molar-refractivity contribution in [1.82, 2.24) is 0 Å². The maximum Gasteiger partial charge on any atom is 0.307 e. The van der Waals surface area contributed by atoms with Gasteiger partial charge in [0.2, 0.25) is 0 Å². The lowest BCUT2D eigenvalue weighted by molar-refractivity contribution is -0.136. The van der Waals surface area contributed by atoms with Gasteiger partial charge in [0.05, 0.1) is 18.4 Å². The van der Waals surface area contributed by atoms with Gasteiger partial charge in [0.15, 0.2) is 11.1 Å². The van der Waals surface area contributed by atoms with Gasteiger partial charge >= 0.3 is 5.97 Å². The van der Waals surface area contributed by atoms with E-state index in [1.54, 1.807) is 0 Å². The monoisotopic (exact) mass is 230 g/mol. The Morgan fingerprint density at radius 1 is 1.53 bits per heavy atom. The molecule has 0 aromatic heterocycles. The number of methoxy groups -OCH3 is 1. The molecule has 0 heterocycles. The normalized spacial score (nSPS) is 12.1. The van der Waals surface area contributed by atoms with E-state index in [2.05, 4.69) is 0 Å². The highest BCUT2D eigenvalue weighted by Gasteiger charge is 2.10. The zero-order chi connectivity index (χ0) is 11.4. The number of ether oxygens (including phenoxy) is 1. The highest BCUT2D eigenvalue weighted by Crippen LogP contribution is 2.21. The molecule has 0 saturated carbocycles. The van der Waals surface area contributed by atoms with Crippen molar-refractivity contribution in [3.63, 3.8) is 0 Å². The van der Waals surface area contributed by atoms with E-state index in [9.17, 15) is 9.00 Å². The minimum Gasteiger partial charge on any atom is -0.496 e. The van der Waals surface area contributed by atoms with Crippen molar-refractivity contribution in [3.05, 3.63) is 23.8 Å². The standard InChI is InChI=1S/C9H10O5S/c1-14-8-3-2-7(15(12)13)4-6(8)5-9(10)11/h2-4H,5H2,1H3,(H,10,11)(H,12,13). The van der Waals surface area contributed by atoms with Crippen molar-refractivity contribution in [1.29, 1.82) is 0 Å². The number of benzene rings is 1. The number of aliphatic carboxylic acids is 1. The predicted octanol–water partition coefficient (Wildman–Crippen LogP) is 0.903. The van der Waals surface area contributed by atoms with E-state index >= 15 is 0 Å². The molecule has 0 amide bonds. The summed E-state index contributed by atoms with van der Waals surface area (Å²) in [5.41, 5.74) is 0.380. The van der Waals surface area contributed by atoms with E-state index in [-0.39, 0.29) is 11.3 Å². The lowest BCUT2D eigenvalue weighted by Crippen LogP contribution is -2.03. The van der Waals surface area contributed by atoms with Gasteiger partial charge < -0.3 is 14.4 Å². The zero-order valence-electron chi connectivity index (χ0n) is 7.97. The summed E-state index contributed by atoms with van der Waals surface area (Å²) in [4.78, 5) is 10.7. The van der Waals surface area contributed by atoms with Crippen LogP contribution in [0.4, 0.5) is 0 Å². The molecule has 1 aromatic rings. The first kappa shape index (κ1) is 11.7. The van der Waals surface area contributed by atoms with Crippen molar-refractivity contribution in [3.8, 4) is 5.75 Å². The highest BCUT2D eigenvalue weighted by atomic mass is 32.2. The summed E-state index contributed by atoms with van der Waals surface area (Å²) in [6, 6.07) is 4.24.